The Morgan fingerprint density at radius 3 is 2.31 bits per heavy atom. The Labute approximate surface area is 155 Å². The van der Waals surface area contributed by atoms with E-state index in [2.05, 4.69) is 0 Å². The second-order valence-electron chi connectivity index (χ2n) is 5.84. The van der Waals surface area contributed by atoms with Crippen LogP contribution in [0.5, 0.6) is 0 Å². The Kier molecular flexibility index (Phi) is 6.78. The molecule has 1 aliphatic heterocycles. The number of amides is 3. The molecular weight excluding hydrogens is 364 g/mol. The van der Waals surface area contributed by atoms with Crippen molar-refractivity contribution < 1.29 is 24.6 Å². The number of piperazine rings is 1. The number of anilines is 1. The Balaban J connectivity index is 1.90. The molecule has 1 aromatic rings. The van der Waals surface area contributed by atoms with E-state index in [9.17, 15) is 24.6 Å². The number of hydrogen-bond acceptors (Lipinski definition) is 6. The third-order valence-corrected chi connectivity index (χ3v) is 4.36. The molecule has 0 radical (unpaired) electrons. The van der Waals surface area contributed by atoms with Gasteiger partial charge in [0.25, 0.3) is 11.8 Å². The van der Waals surface area contributed by atoms with Gasteiger partial charge in [0.15, 0.2) is 12.2 Å². The van der Waals surface area contributed by atoms with E-state index in [1.165, 1.54) is 4.90 Å². The van der Waals surface area contributed by atoms with Crippen LogP contribution in [0.4, 0.5) is 5.69 Å². The van der Waals surface area contributed by atoms with E-state index in [1.54, 1.807) is 6.07 Å². The summed E-state index contributed by atoms with van der Waals surface area (Å²) in [4.78, 5) is 37.9. The van der Waals surface area contributed by atoms with E-state index in [1.807, 2.05) is 28.4 Å². The van der Waals surface area contributed by atoms with Gasteiger partial charge >= 0.3 is 0 Å². The van der Waals surface area contributed by atoms with Gasteiger partial charge in [-0.05, 0) is 12.1 Å². The molecule has 1 aliphatic rings. The van der Waals surface area contributed by atoms with Gasteiger partial charge in [-0.3, -0.25) is 14.4 Å². The molecule has 0 aliphatic carbocycles. The molecule has 0 unspecified atom stereocenters. The number of carbonyl (C=O) groups is 3. The Morgan fingerprint density at radius 2 is 1.73 bits per heavy atom. The Bertz CT molecular complexity index is 678. The van der Waals surface area contributed by atoms with E-state index < -0.39 is 36.5 Å². The molecule has 26 heavy (non-hydrogen) atoms. The van der Waals surface area contributed by atoms with Crippen LogP contribution >= 0.6 is 11.6 Å². The molecule has 1 fully saturated rings. The van der Waals surface area contributed by atoms with E-state index in [4.69, 9.17) is 17.3 Å². The molecule has 2 atom stereocenters. The molecule has 142 valence electrons. The maximum atomic E-state index is 12.3. The molecular formula is C16H21ClN4O5. The van der Waals surface area contributed by atoms with Gasteiger partial charge in [0, 0.05) is 26.2 Å². The summed E-state index contributed by atoms with van der Waals surface area (Å²) in [6, 6.07) is 7.34. The fraction of sp³-hybridized carbons (Fsp3) is 0.438. The first-order valence-corrected chi connectivity index (χ1v) is 8.39. The van der Waals surface area contributed by atoms with Crippen molar-refractivity contribution in [3.8, 4) is 0 Å². The average Bonchev–Trinajstić information content (AvgIpc) is 2.64. The lowest BCUT2D eigenvalue weighted by molar-refractivity contribution is -0.153. The number of carbonyl (C=O) groups excluding carboxylic acids is 3. The number of primary amides is 1. The minimum Gasteiger partial charge on any atom is -0.380 e. The SMILES string of the molecule is NC(=O)CNC(=O)[C@H](O)[C@@H](O)C(=O)N1CCN(c2ccccc2Cl)CC1. The summed E-state index contributed by atoms with van der Waals surface area (Å²) < 4.78 is 0. The molecule has 5 N–H and O–H groups in total. The van der Waals surface area contributed by atoms with Crippen LogP contribution in [0.2, 0.25) is 5.02 Å². The first-order valence-electron chi connectivity index (χ1n) is 8.01. The van der Waals surface area contributed by atoms with Crippen molar-refractivity contribution in [2.24, 2.45) is 5.73 Å². The predicted molar refractivity (Wildman–Crippen MR) is 94.5 cm³/mol. The zero-order chi connectivity index (χ0) is 19.3. The molecule has 1 heterocycles. The average molecular weight is 385 g/mol. The molecule has 3 amide bonds. The Hall–Kier alpha value is -2.36. The lowest BCUT2D eigenvalue weighted by Gasteiger charge is -2.37. The monoisotopic (exact) mass is 384 g/mol. The van der Waals surface area contributed by atoms with Crippen molar-refractivity contribution in [1.82, 2.24) is 10.2 Å². The van der Waals surface area contributed by atoms with Crippen LogP contribution in [0.25, 0.3) is 0 Å². The fourth-order valence-corrected chi connectivity index (χ4v) is 2.88. The fourth-order valence-electron chi connectivity index (χ4n) is 2.62. The molecule has 9 nitrogen and oxygen atoms in total. The predicted octanol–water partition coefficient (Wildman–Crippen LogP) is -1.69. The molecule has 0 aromatic heterocycles. The van der Waals surface area contributed by atoms with Crippen LogP contribution in [-0.2, 0) is 14.4 Å². The number of nitrogens with zero attached hydrogens (tertiary/aromatic N) is 2. The van der Waals surface area contributed by atoms with E-state index >= 15 is 0 Å². The van der Waals surface area contributed by atoms with Crippen molar-refractivity contribution in [3.63, 3.8) is 0 Å². The van der Waals surface area contributed by atoms with Gasteiger partial charge in [0.2, 0.25) is 5.91 Å². The van der Waals surface area contributed by atoms with Crippen LogP contribution in [0.3, 0.4) is 0 Å². The van der Waals surface area contributed by atoms with Gasteiger partial charge < -0.3 is 31.1 Å². The highest BCUT2D eigenvalue weighted by Crippen LogP contribution is 2.26. The summed E-state index contributed by atoms with van der Waals surface area (Å²) in [5.41, 5.74) is 5.73. The number of halogens is 1. The minimum absolute atomic E-state index is 0.302. The second-order valence-corrected chi connectivity index (χ2v) is 6.24. The standard InChI is InChI=1S/C16H21ClN4O5/c17-10-3-1-2-4-11(10)20-5-7-21(8-6-20)16(26)14(24)13(23)15(25)19-9-12(18)22/h1-4,13-14,23-24H,5-9H2,(H2,18,22)(H,19,25)/t13-,14-/m1/s1. The third-order valence-electron chi connectivity index (χ3n) is 4.04. The first-order chi connectivity index (χ1) is 12.3. The summed E-state index contributed by atoms with van der Waals surface area (Å²) in [5.74, 6) is -2.60. The highest BCUT2D eigenvalue weighted by molar-refractivity contribution is 6.33. The van der Waals surface area contributed by atoms with Crippen molar-refractivity contribution >= 4 is 35.0 Å². The number of rotatable bonds is 6. The summed E-state index contributed by atoms with van der Waals surface area (Å²) in [6.07, 6.45) is -3.90. The molecule has 0 spiro atoms. The van der Waals surface area contributed by atoms with Crippen molar-refractivity contribution in [2.45, 2.75) is 12.2 Å². The highest BCUT2D eigenvalue weighted by Gasteiger charge is 2.34. The summed E-state index contributed by atoms with van der Waals surface area (Å²) in [7, 11) is 0. The first kappa shape index (κ1) is 20.0. The van der Waals surface area contributed by atoms with Crippen LogP contribution in [0, 0.1) is 0 Å². The maximum Gasteiger partial charge on any atom is 0.254 e. The topological polar surface area (TPSA) is 136 Å². The number of aliphatic hydroxyl groups is 2. The maximum absolute atomic E-state index is 12.3. The molecule has 10 heteroatoms. The van der Waals surface area contributed by atoms with Crippen molar-refractivity contribution in [1.29, 1.82) is 0 Å². The number of nitrogens with two attached hydrogens (primary N) is 1. The van der Waals surface area contributed by atoms with E-state index in [0.29, 0.717) is 31.2 Å². The molecule has 1 aromatic carbocycles. The lowest BCUT2D eigenvalue weighted by Crippen LogP contribution is -2.56. The number of aliphatic hydroxyl groups excluding tert-OH is 2. The van der Waals surface area contributed by atoms with E-state index in [-0.39, 0.29) is 0 Å². The van der Waals surface area contributed by atoms with Crippen LogP contribution in [0.15, 0.2) is 24.3 Å². The molecule has 2 rings (SSSR count). The third kappa shape index (κ3) is 4.84. The van der Waals surface area contributed by atoms with Gasteiger partial charge in [0.1, 0.15) is 0 Å². The molecule has 1 saturated heterocycles. The smallest absolute Gasteiger partial charge is 0.254 e. The number of benzene rings is 1. The van der Waals surface area contributed by atoms with E-state index in [0.717, 1.165) is 5.69 Å². The summed E-state index contributed by atoms with van der Waals surface area (Å²) in [6.45, 7) is 1.10. The lowest BCUT2D eigenvalue weighted by atomic mass is 10.1. The Morgan fingerprint density at radius 1 is 1.12 bits per heavy atom. The highest BCUT2D eigenvalue weighted by atomic mass is 35.5. The zero-order valence-electron chi connectivity index (χ0n) is 14.0. The van der Waals surface area contributed by atoms with Crippen molar-refractivity contribution in [2.75, 3.05) is 37.6 Å². The molecule has 0 saturated carbocycles. The van der Waals surface area contributed by atoms with Crippen LogP contribution < -0.4 is 16.0 Å². The van der Waals surface area contributed by atoms with Gasteiger partial charge in [-0.25, -0.2) is 0 Å². The molecule has 0 bridgehead atoms. The zero-order valence-corrected chi connectivity index (χ0v) is 14.7. The number of hydrogen-bond donors (Lipinski definition) is 4. The summed E-state index contributed by atoms with van der Waals surface area (Å²) in [5, 5.41) is 22.4. The minimum atomic E-state index is -1.98. The van der Waals surface area contributed by atoms with Gasteiger partial charge in [-0.1, -0.05) is 23.7 Å². The van der Waals surface area contributed by atoms with Gasteiger partial charge in [0.05, 0.1) is 17.3 Å². The van der Waals surface area contributed by atoms with Gasteiger partial charge in [-0.15, -0.1) is 0 Å². The van der Waals surface area contributed by atoms with Crippen molar-refractivity contribution in [3.05, 3.63) is 29.3 Å². The number of nitrogens with one attached hydrogen (secondary N) is 1. The van der Waals surface area contributed by atoms with Crippen LogP contribution in [-0.4, -0.2) is 77.8 Å². The van der Waals surface area contributed by atoms with Gasteiger partial charge in [-0.2, -0.15) is 0 Å². The second kappa shape index (κ2) is 8.84. The van der Waals surface area contributed by atoms with Crippen LogP contribution in [0.1, 0.15) is 0 Å². The largest absolute Gasteiger partial charge is 0.380 e. The summed E-state index contributed by atoms with van der Waals surface area (Å²) >= 11 is 6.16. The quantitative estimate of drug-likeness (QED) is 0.462. The normalized spacial score (nSPS) is 16.7. The number of para-hydroxylation sites is 1.